The van der Waals surface area contributed by atoms with E-state index in [1.165, 1.54) is 0 Å². The lowest BCUT2D eigenvalue weighted by Gasteiger charge is -2.13. The van der Waals surface area contributed by atoms with Gasteiger partial charge in [0.05, 0.1) is 17.8 Å². The first kappa shape index (κ1) is 16.1. The quantitative estimate of drug-likeness (QED) is 0.615. The van der Waals surface area contributed by atoms with Crippen LogP contribution in [0.25, 0.3) is 22.0 Å². The first-order valence-corrected chi connectivity index (χ1v) is 8.30. The molecule has 3 heterocycles. The van der Waals surface area contributed by atoms with Crippen LogP contribution in [-0.2, 0) is 6.54 Å². The predicted octanol–water partition coefficient (Wildman–Crippen LogP) is 3.30. The van der Waals surface area contributed by atoms with Gasteiger partial charge in [0.2, 0.25) is 0 Å². The Bertz CT molecular complexity index is 1150. The molecule has 130 valence electrons. The molecule has 0 aliphatic rings. The minimum atomic E-state index is -0.0132. The van der Waals surface area contributed by atoms with Crippen LogP contribution in [0, 0.1) is 13.8 Å². The molecule has 0 radical (unpaired) electrons. The molecule has 6 nitrogen and oxygen atoms in total. The van der Waals surface area contributed by atoms with Gasteiger partial charge in [0.15, 0.2) is 5.43 Å². The van der Waals surface area contributed by atoms with E-state index in [1.54, 1.807) is 18.5 Å². The molecule has 6 heteroatoms. The van der Waals surface area contributed by atoms with Gasteiger partial charge in [0.25, 0.3) is 0 Å². The lowest BCUT2D eigenvalue weighted by atomic mass is 10.0. The number of pyridine rings is 2. The maximum absolute atomic E-state index is 12.3. The molecule has 3 aromatic heterocycles. The van der Waals surface area contributed by atoms with Crippen molar-refractivity contribution in [1.29, 1.82) is 0 Å². The molecular formula is C20H18N4O2. The van der Waals surface area contributed by atoms with Crippen LogP contribution >= 0.6 is 0 Å². The van der Waals surface area contributed by atoms with Crippen molar-refractivity contribution in [1.82, 2.24) is 14.7 Å². The zero-order valence-electron chi connectivity index (χ0n) is 14.6. The standard InChI is InChI=1S/C20H18N4O2/c1-12-19(13(2)26-23-12)14-5-6-16-17(10-14)24(9-7-18(16)25)11-15-4-3-8-22-20(15)21/h3-10H,11H2,1-2H3,(H2,21,22). The van der Waals surface area contributed by atoms with Crippen molar-refractivity contribution in [3.05, 3.63) is 76.0 Å². The first-order valence-electron chi connectivity index (χ1n) is 8.30. The van der Waals surface area contributed by atoms with Crippen LogP contribution in [0.15, 0.2) is 58.1 Å². The molecule has 0 spiro atoms. The minimum Gasteiger partial charge on any atom is -0.383 e. The molecule has 1 aromatic carbocycles. The second-order valence-electron chi connectivity index (χ2n) is 6.29. The number of nitrogen functional groups attached to an aromatic ring is 1. The Labute approximate surface area is 149 Å². The van der Waals surface area contributed by atoms with E-state index in [0.29, 0.717) is 17.7 Å². The number of aryl methyl sites for hydroxylation is 2. The summed E-state index contributed by atoms with van der Waals surface area (Å²) in [7, 11) is 0. The molecule has 0 amide bonds. The highest BCUT2D eigenvalue weighted by Gasteiger charge is 2.13. The fraction of sp³-hybridized carbons (Fsp3) is 0.150. The van der Waals surface area contributed by atoms with E-state index in [1.807, 2.05) is 48.7 Å². The number of nitrogens with two attached hydrogens (primary N) is 1. The molecule has 0 atom stereocenters. The van der Waals surface area contributed by atoms with Crippen LogP contribution in [0.4, 0.5) is 5.82 Å². The maximum Gasteiger partial charge on any atom is 0.189 e. The van der Waals surface area contributed by atoms with Crippen LogP contribution < -0.4 is 11.2 Å². The summed E-state index contributed by atoms with van der Waals surface area (Å²) in [6, 6.07) is 11.1. The minimum absolute atomic E-state index is 0.0132. The molecule has 26 heavy (non-hydrogen) atoms. The summed E-state index contributed by atoms with van der Waals surface area (Å²) >= 11 is 0. The topological polar surface area (TPSA) is 86.9 Å². The summed E-state index contributed by atoms with van der Waals surface area (Å²) in [4.78, 5) is 16.4. The number of fused-ring (bicyclic) bond motifs is 1. The molecule has 0 fully saturated rings. The van der Waals surface area contributed by atoms with E-state index in [0.717, 1.165) is 33.7 Å². The molecule has 0 saturated carbocycles. The van der Waals surface area contributed by atoms with Crippen LogP contribution in [0.3, 0.4) is 0 Å². The Morgan fingerprint density at radius 2 is 2.04 bits per heavy atom. The van der Waals surface area contributed by atoms with Gasteiger partial charge in [-0.05, 0) is 37.6 Å². The van der Waals surface area contributed by atoms with Crippen molar-refractivity contribution >= 4 is 16.7 Å². The largest absolute Gasteiger partial charge is 0.383 e. The number of anilines is 1. The Balaban J connectivity index is 1.91. The highest BCUT2D eigenvalue weighted by Crippen LogP contribution is 2.29. The van der Waals surface area contributed by atoms with E-state index in [-0.39, 0.29) is 5.43 Å². The molecule has 0 unspecified atom stereocenters. The normalized spacial score (nSPS) is 11.2. The molecule has 2 N–H and O–H groups in total. The van der Waals surface area contributed by atoms with E-state index in [2.05, 4.69) is 10.1 Å². The average molecular weight is 346 g/mol. The zero-order chi connectivity index (χ0) is 18.3. The monoisotopic (exact) mass is 346 g/mol. The number of rotatable bonds is 3. The van der Waals surface area contributed by atoms with Gasteiger partial charge in [-0.3, -0.25) is 4.79 Å². The van der Waals surface area contributed by atoms with Gasteiger partial charge in [-0.15, -0.1) is 0 Å². The van der Waals surface area contributed by atoms with Crippen molar-refractivity contribution in [2.45, 2.75) is 20.4 Å². The van der Waals surface area contributed by atoms with E-state index >= 15 is 0 Å². The van der Waals surface area contributed by atoms with E-state index < -0.39 is 0 Å². The molecular weight excluding hydrogens is 328 g/mol. The van der Waals surface area contributed by atoms with Crippen molar-refractivity contribution in [2.24, 2.45) is 0 Å². The third kappa shape index (κ3) is 2.65. The smallest absolute Gasteiger partial charge is 0.189 e. The Morgan fingerprint density at radius 1 is 1.19 bits per heavy atom. The van der Waals surface area contributed by atoms with Crippen LogP contribution in [0.5, 0.6) is 0 Å². The van der Waals surface area contributed by atoms with E-state index in [4.69, 9.17) is 10.3 Å². The van der Waals surface area contributed by atoms with Crippen LogP contribution in [0.2, 0.25) is 0 Å². The molecule has 0 saturated heterocycles. The average Bonchev–Trinajstić information content (AvgIpc) is 2.97. The lowest BCUT2D eigenvalue weighted by molar-refractivity contribution is 0.393. The number of hydrogen-bond acceptors (Lipinski definition) is 5. The highest BCUT2D eigenvalue weighted by molar-refractivity contribution is 5.85. The third-order valence-corrected chi connectivity index (χ3v) is 4.57. The van der Waals surface area contributed by atoms with Gasteiger partial charge in [-0.25, -0.2) is 4.98 Å². The molecule has 0 bridgehead atoms. The second kappa shape index (κ2) is 6.15. The summed E-state index contributed by atoms with van der Waals surface area (Å²) in [6.07, 6.45) is 3.45. The number of hydrogen-bond donors (Lipinski definition) is 1. The van der Waals surface area contributed by atoms with Gasteiger partial charge in [-0.1, -0.05) is 17.3 Å². The predicted molar refractivity (Wildman–Crippen MR) is 101 cm³/mol. The van der Waals surface area contributed by atoms with Crippen molar-refractivity contribution in [3.8, 4) is 11.1 Å². The first-order chi connectivity index (χ1) is 12.5. The zero-order valence-corrected chi connectivity index (χ0v) is 14.6. The van der Waals surface area contributed by atoms with Crippen LogP contribution in [0.1, 0.15) is 17.0 Å². The molecule has 4 rings (SSSR count). The summed E-state index contributed by atoms with van der Waals surface area (Å²) in [5, 5.41) is 4.68. The van der Waals surface area contributed by atoms with Crippen molar-refractivity contribution in [3.63, 3.8) is 0 Å². The Kier molecular flexibility index (Phi) is 3.80. The Morgan fingerprint density at radius 3 is 2.77 bits per heavy atom. The maximum atomic E-state index is 12.3. The number of aromatic nitrogens is 3. The molecule has 0 aliphatic heterocycles. The fourth-order valence-corrected chi connectivity index (χ4v) is 3.26. The second-order valence-corrected chi connectivity index (χ2v) is 6.29. The number of nitrogens with zero attached hydrogens (tertiary/aromatic N) is 3. The van der Waals surface area contributed by atoms with E-state index in [9.17, 15) is 4.79 Å². The molecule has 0 aliphatic carbocycles. The summed E-state index contributed by atoms with van der Waals surface area (Å²) in [5.74, 6) is 1.24. The van der Waals surface area contributed by atoms with Crippen molar-refractivity contribution < 1.29 is 4.52 Å². The van der Waals surface area contributed by atoms with Gasteiger partial charge >= 0.3 is 0 Å². The summed E-state index contributed by atoms with van der Waals surface area (Å²) in [5.41, 5.74) is 10.4. The molecule has 4 aromatic rings. The van der Waals surface area contributed by atoms with Gasteiger partial charge in [0, 0.05) is 35.0 Å². The number of benzene rings is 1. The van der Waals surface area contributed by atoms with Gasteiger partial charge in [-0.2, -0.15) is 0 Å². The summed E-state index contributed by atoms with van der Waals surface area (Å²) < 4.78 is 7.29. The lowest BCUT2D eigenvalue weighted by Crippen LogP contribution is -2.10. The Hall–Kier alpha value is -3.41. The fourth-order valence-electron chi connectivity index (χ4n) is 3.26. The third-order valence-electron chi connectivity index (χ3n) is 4.57. The van der Waals surface area contributed by atoms with Gasteiger partial charge in [0.1, 0.15) is 11.6 Å². The summed E-state index contributed by atoms with van der Waals surface area (Å²) in [6.45, 7) is 4.32. The SMILES string of the molecule is Cc1noc(C)c1-c1ccc2c(=O)ccn(Cc3cccnc3N)c2c1. The highest BCUT2D eigenvalue weighted by atomic mass is 16.5. The van der Waals surface area contributed by atoms with Gasteiger partial charge < -0.3 is 14.8 Å². The van der Waals surface area contributed by atoms with Crippen LogP contribution in [-0.4, -0.2) is 14.7 Å². The van der Waals surface area contributed by atoms with Crippen molar-refractivity contribution in [2.75, 3.05) is 5.73 Å².